The van der Waals surface area contributed by atoms with Crippen LogP contribution in [0.1, 0.15) is 50.9 Å². The lowest BCUT2D eigenvalue weighted by Gasteiger charge is -2.20. The molecule has 11 heteroatoms. The van der Waals surface area contributed by atoms with Crippen molar-refractivity contribution in [2.45, 2.75) is 32.6 Å². The van der Waals surface area contributed by atoms with Crippen molar-refractivity contribution in [2.24, 2.45) is 5.92 Å². The Balaban J connectivity index is 1.99. The number of nitrogens with zero attached hydrogens (tertiary/aromatic N) is 2. The van der Waals surface area contributed by atoms with Gasteiger partial charge in [0.2, 0.25) is 0 Å². The van der Waals surface area contributed by atoms with Crippen LogP contribution >= 0.6 is 11.3 Å². The van der Waals surface area contributed by atoms with Gasteiger partial charge in [-0.05, 0) is 36.8 Å². The second-order valence-corrected chi connectivity index (χ2v) is 7.99. The van der Waals surface area contributed by atoms with E-state index in [1.807, 2.05) is 0 Å². The van der Waals surface area contributed by atoms with E-state index in [1.165, 1.54) is 18.4 Å². The first-order valence-corrected chi connectivity index (χ1v) is 10.0. The van der Waals surface area contributed by atoms with Crippen LogP contribution in [0.3, 0.4) is 0 Å². The molecule has 1 amide bonds. The van der Waals surface area contributed by atoms with Gasteiger partial charge in [-0.3, -0.25) is 25.0 Å². The summed E-state index contributed by atoms with van der Waals surface area (Å²) >= 11 is 1.26. The highest BCUT2D eigenvalue weighted by Gasteiger charge is 2.31. The minimum atomic E-state index is -0.853. The molecular formula is C19H19N3O7S. The van der Waals surface area contributed by atoms with Crippen LogP contribution in [0.4, 0.5) is 16.4 Å². The number of anilines is 1. The van der Waals surface area contributed by atoms with Gasteiger partial charge in [0.05, 0.1) is 28.6 Å². The lowest BCUT2D eigenvalue weighted by molar-refractivity contribution is -0.394. The third-order valence-electron chi connectivity index (χ3n) is 5.19. The van der Waals surface area contributed by atoms with Crippen molar-refractivity contribution in [3.8, 4) is 0 Å². The highest BCUT2D eigenvalue weighted by molar-refractivity contribution is 7.17. The summed E-state index contributed by atoms with van der Waals surface area (Å²) in [6.07, 6.45) is 3.39. The number of ether oxygens (including phenoxy) is 1. The Kier molecular flexibility index (Phi) is 6.11. The van der Waals surface area contributed by atoms with Crippen LogP contribution in [-0.2, 0) is 17.6 Å². The molecule has 158 valence electrons. The molecule has 1 N–H and O–H groups in total. The van der Waals surface area contributed by atoms with Gasteiger partial charge in [0, 0.05) is 10.9 Å². The molecule has 0 bridgehead atoms. The standard InChI is InChI=1S/C19H19N3O7S/c1-3-10-4-6-13-15(8-10)30-18(16(13)19(24)29-2)20-17(23)12-7-5-11(21(25)26)9-14(12)22(27)28/h5,7,9-10H,3-4,6,8H2,1-2H3,(H,20,23). The van der Waals surface area contributed by atoms with Crippen molar-refractivity contribution in [2.75, 3.05) is 12.4 Å². The Morgan fingerprint density at radius 3 is 2.60 bits per heavy atom. The molecular weight excluding hydrogens is 414 g/mol. The van der Waals surface area contributed by atoms with E-state index in [2.05, 4.69) is 12.2 Å². The SMILES string of the molecule is CCC1CCc2c(sc(NC(=O)c3ccc([N+](=O)[O-])cc3[N+](=O)[O-])c2C(=O)OC)C1. The monoisotopic (exact) mass is 433 g/mol. The van der Waals surface area contributed by atoms with E-state index in [4.69, 9.17) is 4.74 Å². The van der Waals surface area contributed by atoms with Crippen molar-refractivity contribution >= 4 is 39.6 Å². The van der Waals surface area contributed by atoms with E-state index in [9.17, 15) is 29.8 Å². The molecule has 1 aromatic carbocycles. The summed E-state index contributed by atoms with van der Waals surface area (Å²) in [5.74, 6) is -0.927. The van der Waals surface area contributed by atoms with Crippen LogP contribution in [0.25, 0.3) is 0 Å². The molecule has 1 aliphatic carbocycles. The number of hydrogen-bond donors (Lipinski definition) is 1. The van der Waals surface area contributed by atoms with Crippen molar-refractivity contribution in [3.63, 3.8) is 0 Å². The van der Waals surface area contributed by atoms with E-state index >= 15 is 0 Å². The third-order valence-corrected chi connectivity index (χ3v) is 6.36. The van der Waals surface area contributed by atoms with Crippen LogP contribution in [-0.4, -0.2) is 28.8 Å². The summed E-state index contributed by atoms with van der Waals surface area (Å²) < 4.78 is 4.88. The number of rotatable bonds is 6. The molecule has 1 unspecified atom stereocenters. The Morgan fingerprint density at radius 1 is 1.27 bits per heavy atom. The van der Waals surface area contributed by atoms with Gasteiger partial charge in [0.1, 0.15) is 10.6 Å². The molecule has 2 aromatic rings. The maximum absolute atomic E-state index is 12.8. The van der Waals surface area contributed by atoms with E-state index in [1.54, 1.807) is 0 Å². The Morgan fingerprint density at radius 2 is 2.00 bits per heavy atom. The number of benzene rings is 1. The third kappa shape index (κ3) is 4.01. The normalized spacial score (nSPS) is 15.2. The number of esters is 1. The minimum absolute atomic E-state index is 0.265. The van der Waals surface area contributed by atoms with E-state index in [-0.39, 0.29) is 16.1 Å². The average molecular weight is 433 g/mol. The largest absolute Gasteiger partial charge is 0.465 e. The van der Waals surface area contributed by atoms with Gasteiger partial charge < -0.3 is 10.1 Å². The number of nitro benzene ring substituents is 2. The fraction of sp³-hybridized carbons (Fsp3) is 0.368. The fourth-order valence-corrected chi connectivity index (χ4v) is 4.90. The molecule has 0 fully saturated rings. The lowest BCUT2D eigenvalue weighted by Crippen LogP contribution is -2.17. The zero-order valence-electron chi connectivity index (χ0n) is 16.3. The number of fused-ring (bicyclic) bond motifs is 1. The molecule has 1 atom stereocenters. The first-order chi connectivity index (χ1) is 14.3. The van der Waals surface area contributed by atoms with Crippen molar-refractivity contribution in [1.82, 2.24) is 0 Å². The number of carbonyl (C=O) groups is 2. The number of non-ortho nitro benzene ring substituents is 1. The van der Waals surface area contributed by atoms with Crippen LogP contribution in [0, 0.1) is 26.1 Å². The Bertz CT molecular complexity index is 1050. The Labute approximate surface area is 175 Å². The maximum atomic E-state index is 12.8. The predicted octanol–water partition coefficient (Wildman–Crippen LogP) is 4.12. The number of amides is 1. The Hall–Kier alpha value is -3.34. The van der Waals surface area contributed by atoms with Gasteiger partial charge >= 0.3 is 5.97 Å². The molecule has 0 saturated heterocycles. The molecule has 1 aliphatic rings. The van der Waals surface area contributed by atoms with E-state index in [0.717, 1.165) is 47.9 Å². The quantitative estimate of drug-likeness (QED) is 0.410. The topological polar surface area (TPSA) is 142 Å². The van der Waals surface area contributed by atoms with Crippen LogP contribution < -0.4 is 5.32 Å². The molecule has 0 radical (unpaired) electrons. The van der Waals surface area contributed by atoms with Gasteiger partial charge in [-0.2, -0.15) is 0 Å². The molecule has 0 saturated carbocycles. The zero-order valence-corrected chi connectivity index (χ0v) is 17.1. The molecule has 3 rings (SSSR count). The number of carbonyl (C=O) groups excluding carboxylic acids is 2. The van der Waals surface area contributed by atoms with Crippen LogP contribution in [0.15, 0.2) is 18.2 Å². The van der Waals surface area contributed by atoms with Crippen LogP contribution in [0.5, 0.6) is 0 Å². The molecule has 0 spiro atoms. The van der Waals surface area contributed by atoms with Crippen LogP contribution in [0.2, 0.25) is 0 Å². The number of nitrogens with one attached hydrogen (secondary N) is 1. The van der Waals surface area contributed by atoms with Crippen molar-refractivity contribution in [3.05, 3.63) is 60.0 Å². The summed E-state index contributed by atoms with van der Waals surface area (Å²) in [7, 11) is 1.25. The highest BCUT2D eigenvalue weighted by atomic mass is 32.1. The number of thiophene rings is 1. The number of hydrogen-bond acceptors (Lipinski definition) is 8. The van der Waals surface area contributed by atoms with Crippen molar-refractivity contribution < 1.29 is 24.2 Å². The van der Waals surface area contributed by atoms with Gasteiger partial charge in [-0.1, -0.05) is 13.3 Å². The minimum Gasteiger partial charge on any atom is -0.465 e. The first kappa shape index (κ1) is 21.4. The molecule has 1 aromatic heterocycles. The summed E-state index contributed by atoms with van der Waals surface area (Å²) in [5, 5.41) is 25.1. The molecule has 30 heavy (non-hydrogen) atoms. The molecule has 10 nitrogen and oxygen atoms in total. The molecule has 1 heterocycles. The highest BCUT2D eigenvalue weighted by Crippen LogP contribution is 2.41. The molecule has 0 aliphatic heterocycles. The second-order valence-electron chi connectivity index (χ2n) is 6.89. The predicted molar refractivity (Wildman–Crippen MR) is 109 cm³/mol. The fourth-order valence-electron chi connectivity index (χ4n) is 3.56. The first-order valence-electron chi connectivity index (χ1n) is 9.23. The van der Waals surface area contributed by atoms with Gasteiger partial charge in [0.15, 0.2) is 0 Å². The van der Waals surface area contributed by atoms with E-state index in [0.29, 0.717) is 12.3 Å². The summed E-state index contributed by atoms with van der Waals surface area (Å²) in [4.78, 5) is 46.8. The number of methoxy groups -OCH3 is 1. The van der Waals surface area contributed by atoms with Gasteiger partial charge in [-0.25, -0.2) is 4.79 Å². The van der Waals surface area contributed by atoms with Gasteiger partial charge in [0.25, 0.3) is 17.3 Å². The maximum Gasteiger partial charge on any atom is 0.341 e. The summed E-state index contributed by atoms with van der Waals surface area (Å²) in [6.45, 7) is 2.10. The smallest absolute Gasteiger partial charge is 0.341 e. The summed E-state index contributed by atoms with van der Waals surface area (Å²) in [5.41, 5.74) is -0.409. The van der Waals surface area contributed by atoms with Gasteiger partial charge in [-0.15, -0.1) is 11.3 Å². The van der Waals surface area contributed by atoms with Crippen molar-refractivity contribution in [1.29, 1.82) is 0 Å². The lowest BCUT2D eigenvalue weighted by atomic mass is 9.85. The van der Waals surface area contributed by atoms with E-state index < -0.39 is 33.1 Å². The number of nitro groups is 2. The average Bonchev–Trinajstić information content (AvgIpc) is 3.09. The second kappa shape index (κ2) is 8.57. The zero-order chi connectivity index (χ0) is 22.0. The summed E-state index contributed by atoms with van der Waals surface area (Å²) in [6, 6.07) is 2.79.